The monoisotopic (exact) mass is 395 g/mol. The Kier molecular flexibility index (Phi) is 6.89. The molecule has 0 aliphatic carbocycles. The van der Waals surface area contributed by atoms with E-state index in [1.54, 1.807) is 14.0 Å². The molecular formula is C23H25NO5. The Morgan fingerprint density at radius 3 is 2.62 bits per heavy atom. The van der Waals surface area contributed by atoms with Crippen molar-refractivity contribution in [2.24, 2.45) is 0 Å². The first-order chi connectivity index (χ1) is 14.1. The maximum absolute atomic E-state index is 12.3. The van der Waals surface area contributed by atoms with Crippen LogP contribution in [0.25, 0.3) is 11.5 Å². The van der Waals surface area contributed by atoms with Crippen molar-refractivity contribution < 1.29 is 23.4 Å². The maximum Gasteiger partial charge on any atom is 0.312 e. The maximum atomic E-state index is 12.3. The molecule has 0 spiro atoms. The van der Waals surface area contributed by atoms with E-state index in [0.717, 1.165) is 17.5 Å². The first-order valence-corrected chi connectivity index (χ1v) is 9.57. The number of carbonyl (C=O) groups excluding carboxylic acids is 1. The smallest absolute Gasteiger partial charge is 0.312 e. The molecule has 0 fully saturated rings. The summed E-state index contributed by atoms with van der Waals surface area (Å²) in [6.45, 7) is 4.60. The van der Waals surface area contributed by atoms with Crippen molar-refractivity contribution in [2.75, 3.05) is 13.7 Å². The molecule has 3 aromatic rings. The Morgan fingerprint density at radius 1 is 1.10 bits per heavy atom. The van der Waals surface area contributed by atoms with Crippen LogP contribution in [0.2, 0.25) is 0 Å². The molecule has 0 amide bonds. The third-order valence-electron chi connectivity index (χ3n) is 4.31. The van der Waals surface area contributed by atoms with Crippen LogP contribution in [0.3, 0.4) is 0 Å². The molecule has 29 heavy (non-hydrogen) atoms. The number of carbonyl (C=O) groups is 1. The summed E-state index contributed by atoms with van der Waals surface area (Å²) in [4.78, 5) is 16.7. The molecule has 2 aromatic carbocycles. The summed E-state index contributed by atoms with van der Waals surface area (Å²) in [5.41, 5.74) is 2.27. The molecule has 152 valence electrons. The van der Waals surface area contributed by atoms with Crippen LogP contribution in [-0.2, 0) is 22.6 Å². The third-order valence-corrected chi connectivity index (χ3v) is 4.31. The fraction of sp³-hybridized carbons (Fsp3) is 0.304. The Bertz CT molecular complexity index is 949. The van der Waals surface area contributed by atoms with Crippen LogP contribution in [-0.4, -0.2) is 24.7 Å². The molecular weight excluding hydrogens is 370 g/mol. The van der Waals surface area contributed by atoms with Gasteiger partial charge in [-0.2, -0.15) is 0 Å². The zero-order valence-corrected chi connectivity index (χ0v) is 16.9. The van der Waals surface area contributed by atoms with Gasteiger partial charge in [-0.25, -0.2) is 4.98 Å². The van der Waals surface area contributed by atoms with Crippen LogP contribution >= 0.6 is 0 Å². The predicted octanol–water partition coefficient (Wildman–Crippen LogP) is 4.73. The first-order valence-electron chi connectivity index (χ1n) is 9.57. The van der Waals surface area contributed by atoms with Gasteiger partial charge >= 0.3 is 5.97 Å². The van der Waals surface area contributed by atoms with Crippen molar-refractivity contribution in [3.63, 3.8) is 0 Å². The lowest BCUT2D eigenvalue weighted by Gasteiger charge is -2.12. The largest absolute Gasteiger partial charge is 0.493 e. The van der Waals surface area contributed by atoms with E-state index in [1.165, 1.54) is 0 Å². The fourth-order valence-electron chi connectivity index (χ4n) is 2.78. The minimum absolute atomic E-state index is 0.0526. The molecule has 6 heteroatoms. The van der Waals surface area contributed by atoms with E-state index in [2.05, 4.69) is 4.98 Å². The molecule has 0 N–H and O–H groups in total. The molecule has 0 radical (unpaired) electrons. The van der Waals surface area contributed by atoms with E-state index >= 15 is 0 Å². The summed E-state index contributed by atoms with van der Waals surface area (Å²) in [5, 5.41) is 0. The Balaban J connectivity index is 1.60. The minimum atomic E-state index is -0.369. The molecule has 1 heterocycles. The normalized spacial score (nSPS) is 10.6. The van der Waals surface area contributed by atoms with Crippen molar-refractivity contribution in [3.8, 4) is 23.0 Å². The number of hydrogen-bond acceptors (Lipinski definition) is 6. The fourth-order valence-corrected chi connectivity index (χ4v) is 2.78. The molecule has 0 bridgehead atoms. The highest BCUT2D eigenvalue weighted by atomic mass is 16.5. The van der Waals surface area contributed by atoms with Gasteiger partial charge < -0.3 is 18.6 Å². The number of methoxy groups -OCH3 is 1. The average molecular weight is 395 g/mol. The van der Waals surface area contributed by atoms with E-state index in [1.807, 2.05) is 55.5 Å². The Labute approximate surface area is 170 Å². The number of benzene rings is 2. The lowest BCUT2D eigenvalue weighted by Crippen LogP contribution is -2.09. The van der Waals surface area contributed by atoms with Crippen molar-refractivity contribution in [1.82, 2.24) is 4.98 Å². The molecule has 0 saturated heterocycles. The van der Waals surface area contributed by atoms with Gasteiger partial charge in [0.15, 0.2) is 11.5 Å². The number of ether oxygens (including phenoxy) is 3. The Hall–Kier alpha value is -3.28. The number of aryl methyl sites for hydroxylation is 1. The molecule has 0 atom stereocenters. The standard InChI is InChI=1S/C23H25NO5/c1-4-12-27-20-11-10-17(13-21(20)26-3)15-28-22(25)14-19-16(2)29-23(24-19)18-8-6-5-7-9-18/h5-11,13H,4,12,14-15H2,1-3H3. The van der Waals surface area contributed by atoms with Gasteiger partial charge in [0.25, 0.3) is 0 Å². The van der Waals surface area contributed by atoms with Gasteiger partial charge in [0.1, 0.15) is 12.4 Å². The second kappa shape index (κ2) is 9.78. The summed E-state index contributed by atoms with van der Waals surface area (Å²) in [7, 11) is 1.58. The first kappa shape index (κ1) is 20.5. The van der Waals surface area contributed by atoms with Gasteiger partial charge in [0.05, 0.1) is 25.8 Å². The van der Waals surface area contributed by atoms with Crippen LogP contribution < -0.4 is 9.47 Å². The zero-order valence-electron chi connectivity index (χ0n) is 16.9. The van der Waals surface area contributed by atoms with Gasteiger partial charge in [-0.05, 0) is 43.2 Å². The summed E-state index contributed by atoms with van der Waals surface area (Å²) in [5.74, 6) is 2.03. The van der Waals surface area contributed by atoms with Crippen LogP contribution in [0.4, 0.5) is 0 Å². The molecule has 0 saturated carbocycles. The number of aromatic nitrogens is 1. The molecule has 0 aliphatic rings. The summed E-state index contributed by atoms with van der Waals surface area (Å²) >= 11 is 0. The predicted molar refractivity (Wildman–Crippen MR) is 109 cm³/mol. The lowest BCUT2D eigenvalue weighted by molar-refractivity contribution is -0.144. The summed E-state index contributed by atoms with van der Waals surface area (Å²) < 4.78 is 22.1. The van der Waals surface area contributed by atoms with Crippen LogP contribution in [0.15, 0.2) is 52.9 Å². The number of hydrogen-bond donors (Lipinski definition) is 0. The molecule has 0 aliphatic heterocycles. The van der Waals surface area contributed by atoms with Crippen LogP contribution in [0, 0.1) is 6.92 Å². The van der Waals surface area contributed by atoms with Crippen LogP contribution in [0.5, 0.6) is 11.5 Å². The summed E-state index contributed by atoms with van der Waals surface area (Å²) in [6, 6.07) is 15.1. The van der Waals surface area contributed by atoms with E-state index in [-0.39, 0.29) is 19.0 Å². The van der Waals surface area contributed by atoms with Gasteiger partial charge in [0.2, 0.25) is 5.89 Å². The van der Waals surface area contributed by atoms with E-state index in [0.29, 0.717) is 35.5 Å². The van der Waals surface area contributed by atoms with Crippen molar-refractivity contribution >= 4 is 5.97 Å². The SMILES string of the molecule is CCCOc1ccc(COC(=O)Cc2nc(-c3ccccc3)oc2C)cc1OC. The zero-order chi connectivity index (χ0) is 20.6. The lowest BCUT2D eigenvalue weighted by atomic mass is 10.2. The quantitative estimate of drug-likeness (QED) is 0.488. The van der Waals surface area contributed by atoms with Gasteiger partial charge in [-0.15, -0.1) is 0 Å². The molecule has 0 unspecified atom stereocenters. The second-order valence-corrected chi connectivity index (χ2v) is 6.56. The molecule has 3 rings (SSSR count). The number of oxazole rings is 1. The number of esters is 1. The van der Waals surface area contributed by atoms with E-state index in [9.17, 15) is 4.79 Å². The third kappa shape index (κ3) is 5.38. The van der Waals surface area contributed by atoms with Gasteiger partial charge in [-0.3, -0.25) is 4.79 Å². The highest BCUT2D eigenvalue weighted by Crippen LogP contribution is 2.28. The number of rotatable bonds is 9. The highest BCUT2D eigenvalue weighted by Gasteiger charge is 2.16. The van der Waals surface area contributed by atoms with Crippen molar-refractivity contribution in [1.29, 1.82) is 0 Å². The van der Waals surface area contributed by atoms with E-state index in [4.69, 9.17) is 18.6 Å². The van der Waals surface area contributed by atoms with Crippen molar-refractivity contribution in [2.45, 2.75) is 33.3 Å². The summed E-state index contributed by atoms with van der Waals surface area (Å²) in [6.07, 6.45) is 0.965. The van der Waals surface area contributed by atoms with E-state index < -0.39 is 0 Å². The van der Waals surface area contributed by atoms with Gasteiger partial charge in [-0.1, -0.05) is 31.2 Å². The molecule has 1 aromatic heterocycles. The van der Waals surface area contributed by atoms with Gasteiger partial charge in [0, 0.05) is 5.56 Å². The Morgan fingerprint density at radius 2 is 1.90 bits per heavy atom. The average Bonchev–Trinajstić information content (AvgIpc) is 3.11. The highest BCUT2D eigenvalue weighted by molar-refractivity contribution is 5.72. The second-order valence-electron chi connectivity index (χ2n) is 6.56. The van der Waals surface area contributed by atoms with Crippen LogP contribution in [0.1, 0.15) is 30.4 Å². The number of nitrogens with zero attached hydrogens (tertiary/aromatic N) is 1. The minimum Gasteiger partial charge on any atom is -0.493 e. The molecule has 6 nitrogen and oxygen atoms in total. The topological polar surface area (TPSA) is 70.8 Å². The van der Waals surface area contributed by atoms with Crippen molar-refractivity contribution in [3.05, 3.63) is 65.5 Å².